The Morgan fingerprint density at radius 1 is 1.12 bits per heavy atom. The van der Waals surface area contributed by atoms with Gasteiger partial charge in [-0.25, -0.2) is 0 Å². The van der Waals surface area contributed by atoms with E-state index in [-0.39, 0.29) is 5.97 Å². The van der Waals surface area contributed by atoms with Crippen LogP contribution >= 0.6 is 8.81 Å². The number of rotatable bonds is 10. The van der Waals surface area contributed by atoms with Crippen LogP contribution in [0.1, 0.15) is 39.9 Å². The number of carbonyl (C=O) groups is 1. The number of aryl methyl sites for hydroxylation is 2. The molecule has 0 heterocycles. The molecule has 0 amide bonds. The molecule has 1 unspecified atom stereocenters. The van der Waals surface area contributed by atoms with Gasteiger partial charge >= 0.3 is 165 Å². The molecule has 2 aromatic carbocycles. The summed E-state index contributed by atoms with van der Waals surface area (Å²) in [4.78, 5) is 12.3. The van der Waals surface area contributed by atoms with Gasteiger partial charge in [0, 0.05) is 0 Å². The molecule has 5 heteroatoms. The predicted octanol–water partition coefficient (Wildman–Crippen LogP) is 3.87. The van der Waals surface area contributed by atoms with Crippen molar-refractivity contribution < 1.29 is 14.1 Å². The van der Waals surface area contributed by atoms with Gasteiger partial charge in [0.05, 0.1) is 0 Å². The van der Waals surface area contributed by atoms with Crippen molar-refractivity contribution in [3.63, 3.8) is 0 Å². The van der Waals surface area contributed by atoms with Crippen molar-refractivity contribution in [2.75, 3.05) is 20.4 Å². The molecule has 3 nitrogen and oxygen atoms in total. The summed E-state index contributed by atoms with van der Waals surface area (Å²) >= 11 is 0.300. The molecule has 0 fully saturated rings. The van der Waals surface area contributed by atoms with Gasteiger partial charge in [0.1, 0.15) is 0 Å². The van der Waals surface area contributed by atoms with Crippen LogP contribution in [0.2, 0.25) is 0 Å². The van der Waals surface area contributed by atoms with E-state index in [0.717, 1.165) is 41.0 Å². The van der Waals surface area contributed by atoms with Crippen LogP contribution in [0.5, 0.6) is 0 Å². The minimum atomic E-state index is -0.228. The Hall–Kier alpha value is -1.18. The molecule has 0 aliphatic rings. The second kappa shape index (κ2) is 11.5. The molecule has 0 radical (unpaired) electrons. The molecule has 0 aromatic heterocycles. The van der Waals surface area contributed by atoms with E-state index < -0.39 is 0 Å². The number of methoxy groups -OCH3 is 1. The maximum absolute atomic E-state index is 12.3. The quantitative estimate of drug-likeness (QED) is 0.245. The van der Waals surface area contributed by atoms with Crippen molar-refractivity contribution in [3.05, 3.63) is 64.7 Å². The zero-order chi connectivity index (χ0) is 18.8. The molecule has 2 rings (SSSR count). The van der Waals surface area contributed by atoms with Gasteiger partial charge in [-0.05, 0) is 0 Å². The fraction of sp³-hybridized carbons (Fsp3) is 0.381. The number of ether oxygens (including phenoxy) is 1. The summed E-state index contributed by atoms with van der Waals surface area (Å²) in [6.45, 7) is 2.01. The monoisotopic (exact) mass is 438 g/mol. The van der Waals surface area contributed by atoms with E-state index in [1.807, 2.05) is 13.0 Å². The zero-order valence-electron chi connectivity index (χ0n) is 15.7. The fourth-order valence-corrected chi connectivity index (χ4v) is 5.39. The van der Waals surface area contributed by atoms with Crippen LogP contribution in [-0.2, 0) is 21.0 Å². The molecule has 2 aromatic rings. The molecular formula is C21H27O3PSe. The van der Waals surface area contributed by atoms with E-state index in [2.05, 4.69) is 36.4 Å². The summed E-state index contributed by atoms with van der Waals surface area (Å²) < 4.78 is 11.5. The third-order valence-electron chi connectivity index (χ3n) is 4.14. The van der Waals surface area contributed by atoms with E-state index in [0.29, 0.717) is 23.8 Å². The molecule has 0 aliphatic heterocycles. The van der Waals surface area contributed by atoms with Crippen molar-refractivity contribution >= 4 is 34.2 Å². The molecule has 140 valence electrons. The summed E-state index contributed by atoms with van der Waals surface area (Å²) in [7, 11) is 3.81. The average molecular weight is 437 g/mol. The Labute approximate surface area is 164 Å². The molecular weight excluding hydrogens is 410 g/mol. The standard InChI is InChI=1S/C21H27O3PSe/c1-16-13-17(9-7-8-12-25-24-3)14-18(20(16)21(22)23-2)15-26-19-10-5-4-6-11-19/h4-6,10-11,13-14,25H,7-9,12,15H2,1-3H3. The SMILES string of the molecule is COPCCCCc1cc(C)c(C(=O)OC)c(C[Se]c2ccccc2)c1. The van der Waals surface area contributed by atoms with Crippen LogP contribution in [0.3, 0.4) is 0 Å². The molecule has 26 heavy (non-hydrogen) atoms. The Kier molecular flexibility index (Phi) is 9.36. The first-order chi connectivity index (χ1) is 12.7. The van der Waals surface area contributed by atoms with Crippen LogP contribution in [0.25, 0.3) is 0 Å². The van der Waals surface area contributed by atoms with Crippen molar-refractivity contribution in [2.24, 2.45) is 0 Å². The molecule has 0 N–H and O–H groups in total. The third-order valence-corrected chi connectivity index (χ3v) is 7.21. The van der Waals surface area contributed by atoms with Gasteiger partial charge in [-0.3, -0.25) is 0 Å². The molecule has 0 bridgehead atoms. The van der Waals surface area contributed by atoms with Crippen molar-refractivity contribution in [1.29, 1.82) is 0 Å². The zero-order valence-corrected chi connectivity index (χ0v) is 18.4. The van der Waals surface area contributed by atoms with E-state index in [1.165, 1.54) is 23.6 Å². The summed E-state index contributed by atoms with van der Waals surface area (Å²) in [6, 6.07) is 14.8. The first-order valence-corrected chi connectivity index (χ1v) is 12.0. The number of carbonyl (C=O) groups excluding carboxylic acids is 1. The average Bonchev–Trinajstić information content (AvgIpc) is 2.66. The van der Waals surface area contributed by atoms with Crippen LogP contribution in [-0.4, -0.2) is 41.3 Å². The van der Waals surface area contributed by atoms with Crippen molar-refractivity contribution in [1.82, 2.24) is 0 Å². The third kappa shape index (κ3) is 6.52. The Morgan fingerprint density at radius 3 is 2.58 bits per heavy atom. The van der Waals surface area contributed by atoms with Crippen molar-refractivity contribution in [2.45, 2.75) is 31.5 Å². The molecule has 0 aliphatic carbocycles. The van der Waals surface area contributed by atoms with Gasteiger partial charge in [0.25, 0.3) is 0 Å². The van der Waals surface area contributed by atoms with Crippen LogP contribution < -0.4 is 4.46 Å². The second-order valence-corrected chi connectivity index (χ2v) is 9.49. The van der Waals surface area contributed by atoms with Crippen LogP contribution in [0.15, 0.2) is 42.5 Å². The van der Waals surface area contributed by atoms with E-state index in [9.17, 15) is 4.79 Å². The van der Waals surface area contributed by atoms with Gasteiger partial charge < -0.3 is 0 Å². The topological polar surface area (TPSA) is 35.5 Å². The normalized spacial score (nSPS) is 11.2. The number of benzene rings is 2. The van der Waals surface area contributed by atoms with Gasteiger partial charge in [0.15, 0.2) is 0 Å². The fourth-order valence-electron chi connectivity index (χ4n) is 2.90. The summed E-state index contributed by atoms with van der Waals surface area (Å²) in [5.74, 6) is -0.228. The predicted molar refractivity (Wildman–Crippen MR) is 111 cm³/mol. The van der Waals surface area contributed by atoms with Gasteiger partial charge in [0.2, 0.25) is 0 Å². The summed E-state index contributed by atoms with van der Waals surface area (Å²) in [5.41, 5.74) is 4.20. The first-order valence-electron chi connectivity index (χ1n) is 8.80. The van der Waals surface area contributed by atoms with Crippen molar-refractivity contribution in [3.8, 4) is 0 Å². The van der Waals surface area contributed by atoms with E-state index >= 15 is 0 Å². The summed E-state index contributed by atoms with van der Waals surface area (Å²) in [5, 5.41) is 0.904. The molecule has 0 saturated heterocycles. The van der Waals surface area contributed by atoms with Gasteiger partial charge in [-0.2, -0.15) is 0 Å². The molecule has 1 atom stereocenters. The van der Waals surface area contributed by atoms with E-state index in [4.69, 9.17) is 9.26 Å². The second-order valence-electron chi connectivity index (χ2n) is 6.10. The van der Waals surface area contributed by atoms with Gasteiger partial charge in [-0.1, -0.05) is 0 Å². The van der Waals surface area contributed by atoms with Gasteiger partial charge in [-0.15, -0.1) is 0 Å². The first kappa shape index (κ1) is 21.1. The number of hydrogen-bond donors (Lipinski definition) is 0. The number of esters is 1. The maximum atomic E-state index is 12.3. The Bertz CT molecular complexity index is 704. The van der Waals surface area contributed by atoms with Crippen LogP contribution in [0.4, 0.5) is 0 Å². The minimum absolute atomic E-state index is 0.228. The Balaban J connectivity index is 2.13. The number of hydrogen-bond acceptors (Lipinski definition) is 3. The van der Waals surface area contributed by atoms with Crippen LogP contribution in [0, 0.1) is 6.92 Å². The van der Waals surface area contributed by atoms with E-state index in [1.54, 1.807) is 7.11 Å². The Morgan fingerprint density at radius 2 is 1.88 bits per heavy atom. The summed E-state index contributed by atoms with van der Waals surface area (Å²) in [6.07, 6.45) is 4.49. The number of unbranched alkanes of at least 4 members (excludes halogenated alkanes) is 1. The molecule has 0 saturated carbocycles. The molecule has 0 spiro atoms.